The standard InChI is InChI=1S/C19H21F3N2O5S/c1-13(11-28-2)23-18(25)12-29-16-6-8-17(9-7-16)30(26,27)24-15-5-3-4-14(10-15)19(20,21)22/h3-10,13,24H,11-12H2,1-2H3,(H,23,25)/t13-/m1/s1. The minimum absolute atomic E-state index is 0.176. The van der Waals surface area contributed by atoms with Crippen molar-refractivity contribution in [3.63, 3.8) is 0 Å². The lowest BCUT2D eigenvalue weighted by Crippen LogP contribution is -2.38. The van der Waals surface area contributed by atoms with Crippen molar-refractivity contribution in [1.29, 1.82) is 0 Å². The molecule has 11 heteroatoms. The van der Waals surface area contributed by atoms with Gasteiger partial charge in [-0.15, -0.1) is 0 Å². The van der Waals surface area contributed by atoms with Gasteiger partial charge in [0.2, 0.25) is 0 Å². The van der Waals surface area contributed by atoms with Crippen LogP contribution in [-0.4, -0.2) is 40.7 Å². The molecule has 2 N–H and O–H groups in total. The molecule has 0 aliphatic carbocycles. The van der Waals surface area contributed by atoms with Crippen LogP contribution in [0.5, 0.6) is 5.75 Å². The number of sulfonamides is 1. The molecule has 0 aromatic heterocycles. The van der Waals surface area contributed by atoms with Gasteiger partial charge >= 0.3 is 6.18 Å². The van der Waals surface area contributed by atoms with E-state index in [0.29, 0.717) is 12.7 Å². The zero-order chi connectivity index (χ0) is 22.4. The molecule has 1 atom stereocenters. The Morgan fingerprint density at radius 1 is 1.13 bits per heavy atom. The lowest BCUT2D eigenvalue weighted by molar-refractivity contribution is -0.137. The largest absolute Gasteiger partial charge is 0.484 e. The van der Waals surface area contributed by atoms with Crippen molar-refractivity contribution in [1.82, 2.24) is 5.32 Å². The van der Waals surface area contributed by atoms with E-state index >= 15 is 0 Å². The summed E-state index contributed by atoms with van der Waals surface area (Å²) in [5.74, 6) is -0.120. The van der Waals surface area contributed by atoms with Crippen molar-refractivity contribution in [2.75, 3.05) is 25.0 Å². The van der Waals surface area contributed by atoms with E-state index in [9.17, 15) is 26.4 Å². The van der Waals surface area contributed by atoms with Gasteiger partial charge in [0, 0.05) is 18.8 Å². The van der Waals surface area contributed by atoms with Crippen molar-refractivity contribution in [2.45, 2.75) is 24.0 Å². The Labute approximate surface area is 172 Å². The molecular weight excluding hydrogens is 425 g/mol. The zero-order valence-electron chi connectivity index (χ0n) is 16.2. The summed E-state index contributed by atoms with van der Waals surface area (Å²) in [4.78, 5) is 11.6. The molecule has 2 rings (SSSR count). The highest BCUT2D eigenvalue weighted by Gasteiger charge is 2.30. The van der Waals surface area contributed by atoms with Crippen LogP contribution in [0, 0.1) is 0 Å². The molecule has 0 heterocycles. The summed E-state index contributed by atoms with van der Waals surface area (Å²) in [5, 5.41) is 2.65. The minimum atomic E-state index is -4.59. The number of carbonyl (C=O) groups excluding carboxylic acids is 1. The first-order chi connectivity index (χ1) is 14.0. The van der Waals surface area contributed by atoms with Crippen LogP contribution in [0.3, 0.4) is 0 Å². The van der Waals surface area contributed by atoms with Crippen LogP contribution < -0.4 is 14.8 Å². The topological polar surface area (TPSA) is 93.7 Å². The molecule has 0 bridgehead atoms. The van der Waals surface area contributed by atoms with Crippen LogP contribution in [0.2, 0.25) is 0 Å². The maximum atomic E-state index is 12.8. The molecule has 30 heavy (non-hydrogen) atoms. The number of methoxy groups -OCH3 is 1. The van der Waals surface area contributed by atoms with Gasteiger partial charge in [0.1, 0.15) is 5.75 Å². The molecule has 0 saturated carbocycles. The van der Waals surface area contributed by atoms with Gasteiger partial charge in [-0.3, -0.25) is 9.52 Å². The van der Waals surface area contributed by atoms with Crippen molar-refractivity contribution >= 4 is 21.6 Å². The van der Waals surface area contributed by atoms with E-state index in [2.05, 4.69) is 10.0 Å². The molecule has 164 valence electrons. The van der Waals surface area contributed by atoms with Gasteiger partial charge in [-0.05, 0) is 49.4 Å². The van der Waals surface area contributed by atoms with Crippen LogP contribution in [0.25, 0.3) is 0 Å². The van der Waals surface area contributed by atoms with Crippen molar-refractivity contribution in [2.24, 2.45) is 0 Å². The second kappa shape index (κ2) is 9.81. The molecule has 0 unspecified atom stereocenters. The molecule has 7 nitrogen and oxygen atoms in total. The van der Waals surface area contributed by atoms with E-state index < -0.39 is 21.8 Å². The Bertz CT molecular complexity index is 963. The monoisotopic (exact) mass is 446 g/mol. The third-order valence-corrected chi connectivity index (χ3v) is 5.17. The highest BCUT2D eigenvalue weighted by molar-refractivity contribution is 7.92. The maximum Gasteiger partial charge on any atom is 0.416 e. The predicted molar refractivity (Wildman–Crippen MR) is 104 cm³/mol. The zero-order valence-corrected chi connectivity index (χ0v) is 17.0. The minimum Gasteiger partial charge on any atom is -0.484 e. The molecule has 0 spiro atoms. The summed E-state index contributed by atoms with van der Waals surface area (Å²) in [6.07, 6.45) is -4.59. The predicted octanol–water partition coefficient (Wildman–Crippen LogP) is 3.04. The first-order valence-corrected chi connectivity index (χ1v) is 10.2. The summed E-state index contributed by atoms with van der Waals surface area (Å²) in [6, 6.07) is 8.80. The molecular formula is C19H21F3N2O5S. The number of halogens is 3. The number of alkyl halides is 3. The third kappa shape index (κ3) is 6.92. The van der Waals surface area contributed by atoms with Crippen molar-refractivity contribution in [3.8, 4) is 5.75 Å². The Morgan fingerprint density at radius 2 is 1.80 bits per heavy atom. The summed E-state index contributed by atoms with van der Waals surface area (Å²) in [7, 11) is -2.60. The highest BCUT2D eigenvalue weighted by Crippen LogP contribution is 2.31. The number of carbonyl (C=O) groups is 1. The number of ether oxygens (including phenoxy) is 2. The van der Waals surface area contributed by atoms with Crippen molar-refractivity contribution < 1.29 is 35.9 Å². The molecule has 0 radical (unpaired) electrons. The van der Waals surface area contributed by atoms with Crippen LogP contribution in [-0.2, 0) is 25.7 Å². The number of benzene rings is 2. The summed E-state index contributed by atoms with van der Waals surface area (Å²) < 4.78 is 75.5. The number of hydrogen-bond acceptors (Lipinski definition) is 5. The first kappa shape index (κ1) is 23.5. The van der Waals surface area contributed by atoms with Crippen LogP contribution in [0.15, 0.2) is 53.4 Å². The second-order valence-electron chi connectivity index (χ2n) is 6.37. The average Bonchev–Trinajstić information content (AvgIpc) is 2.66. The molecule has 2 aromatic carbocycles. The highest BCUT2D eigenvalue weighted by atomic mass is 32.2. The van der Waals surface area contributed by atoms with Gasteiger partial charge in [0.15, 0.2) is 6.61 Å². The van der Waals surface area contributed by atoms with Crippen LogP contribution in [0.1, 0.15) is 12.5 Å². The van der Waals surface area contributed by atoms with Gasteiger partial charge < -0.3 is 14.8 Å². The molecule has 0 fully saturated rings. The second-order valence-corrected chi connectivity index (χ2v) is 8.05. The van der Waals surface area contributed by atoms with E-state index in [0.717, 1.165) is 12.1 Å². The Morgan fingerprint density at radius 3 is 2.40 bits per heavy atom. The summed E-state index contributed by atoms with van der Waals surface area (Å²) in [5.41, 5.74) is -1.18. The lowest BCUT2D eigenvalue weighted by Gasteiger charge is -2.13. The average molecular weight is 446 g/mol. The number of amides is 1. The summed E-state index contributed by atoms with van der Waals surface area (Å²) >= 11 is 0. The molecule has 0 saturated heterocycles. The first-order valence-electron chi connectivity index (χ1n) is 8.72. The van der Waals surface area contributed by atoms with Crippen molar-refractivity contribution in [3.05, 3.63) is 54.1 Å². The Balaban J connectivity index is 2.00. The van der Waals surface area contributed by atoms with Crippen LogP contribution in [0.4, 0.5) is 18.9 Å². The number of hydrogen-bond donors (Lipinski definition) is 2. The normalized spacial score (nSPS) is 12.8. The molecule has 2 aromatic rings. The summed E-state index contributed by atoms with van der Waals surface area (Å²) in [6.45, 7) is 1.83. The van der Waals surface area contributed by atoms with Gasteiger partial charge in [-0.2, -0.15) is 13.2 Å². The van der Waals surface area contributed by atoms with E-state index in [-0.39, 0.29) is 34.9 Å². The Kier molecular flexibility index (Phi) is 7.68. The fourth-order valence-electron chi connectivity index (χ4n) is 2.45. The van der Waals surface area contributed by atoms with E-state index in [1.165, 1.54) is 37.4 Å². The maximum absolute atomic E-state index is 12.8. The smallest absolute Gasteiger partial charge is 0.416 e. The lowest BCUT2D eigenvalue weighted by atomic mass is 10.2. The van der Waals surface area contributed by atoms with Gasteiger partial charge in [-0.1, -0.05) is 6.07 Å². The van der Waals surface area contributed by atoms with Gasteiger partial charge in [0.25, 0.3) is 15.9 Å². The van der Waals surface area contributed by atoms with E-state index in [4.69, 9.17) is 9.47 Å². The van der Waals surface area contributed by atoms with E-state index in [1.807, 2.05) is 0 Å². The molecule has 0 aliphatic rings. The molecule has 0 aliphatic heterocycles. The number of anilines is 1. The quantitative estimate of drug-likeness (QED) is 0.618. The SMILES string of the molecule is COC[C@@H](C)NC(=O)COc1ccc(S(=O)(=O)Nc2cccc(C(F)(F)F)c2)cc1. The number of nitrogens with one attached hydrogen (secondary N) is 2. The number of rotatable bonds is 9. The van der Waals surface area contributed by atoms with E-state index in [1.54, 1.807) is 6.92 Å². The van der Waals surface area contributed by atoms with Gasteiger partial charge in [-0.25, -0.2) is 8.42 Å². The third-order valence-electron chi connectivity index (χ3n) is 3.77. The van der Waals surface area contributed by atoms with Crippen LogP contribution >= 0.6 is 0 Å². The molecule has 1 amide bonds. The van der Waals surface area contributed by atoms with Gasteiger partial charge in [0.05, 0.1) is 17.1 Å². The fraction of sp³-hybridized carbons (Fsp3) is 0.316. The fourth-order valence-corrected chi connectivity index (χ4v) is 3.49. The Hall–Kier alpha value is -2.79.